The van der Waals surface area contributed by atoms with Crippen LogP contribution in [0.1, 0.15) is 20.8 Å². The molecule has 4 rings (SSSR count). The van der Waals surface area contributed by atoms with Crippen molar-refractivity contribution in [3.8, 4) is 0 Å². The van der Waals surface area contributed by atoms with Gasteiger partial charge in [0.2, 0.25) is 5.78 Å². The van der Waals surface area contributed by atoms with Crippen molar-refractivity contribution >= 4 is 17.7 Å². The zero-order valence-electron chi connectivity index (χ0n) is 15.2. The second-order valence-corrected chi connectivity index (χ2v) is 7.60. The van der Waals surface area contributed by atoms with Crippen LogP contribution in [0.15, 0.2) is 35.6 Å². The molecule has 144 valence electrons. The monoisotopic (exact) mass is 376 g/mol. The van der Waals surface area contributed by atoms with Gasteiger partial charge in [-0.2, -0.15) is 0 Å². The summed E-state index contributed by atoms with van der Waals surface area (Å²) in [7, 11) is 0. The standard InChI is InChI=1S/C19H20O8/c1-8(2)16(22)26-14-13-11(25-17(23)19(13)7-24-19)5-9(3)10-6-12(20)18(4,27-10)15(14)21/h5-6,11,13-15,21H,1,7H2,2-4H3/b9-5-/t11-,13-,14-,15+,18-,19+/m0/s1. The number of aliphatic hydroxyl groups excluding tert-OH is 1. The molecule has 27 heavy (non-hydrogen) atoms. The first-order chi connectivity index (χ1) is 12.6. The molecule has 1 spiro atoms. The van der Waals surface area contributed by atoms with Gasteiger partial charge in [0.25, 0.3) is 0 Å². The Morgan fingerprint density at radius 3 is 2.67 bits per heavy atom. The maximum absolute atomic E-state index is 12.6. The SMILES string of the molecule is C=C(C)C(=O)O[C@H]1[C@@H]2[C@H](/C=C(/C)C3=CC(=O)[C@](C)(O3)[C@@H]1O)OC(=O)[C@@]21CO1. The number of ketones is 1. The zero-order valence-corrected chi connectivity index (χ0v) is 15.2. The molecule has 8 nitrogen and oxygen atoms in total. The average molecular weight is 376 g/mol. The van der Waals surface area contributed by atoms with E-state index in [-0.39, 0.29) is 17.9 Å². The Hall–Kier alpha value is -2.45. The van der Waals surface area contributed by atoms with E-state index in [4.69, 9.17) is 18.9 Å². The highest BCUT2D eigenvalue weighted by atomic mass is 16.7. The van der Waals surface area contributed by atoms with Crippen LogP contribution < -0.4 is 0 Å². The Bertz CT molecular complexity index is 833. The van der Waals surface area contributed by atoms with E-state index in [9.17, 15) is 19.5 Å². The number of ether oxygens (including phenoxy) is 4. The molecule has 0 unspecified atom stereocenters. The molecule has 8 heteroatoms. The summed E-state index contributed by atoms with van der Waals surface area (Å²) < 4.78 is 22.1. The second-order valence-electron chi connectivity index (χ2n) is 7.60. The van der Waals surface area contributed by atoms with Crippen LogP contribution in [-0.2, 0) is 33.3 Å². The molecule has 1 N–H and O–H groups in total. The van der Waals surface area contributed by atoms with Gasteiger partial charge in [-0.25, -0.2) is 9.59 Å². The van der Waals surface area contributed by atoms with Crippen molar-refractivity contribution in [3.63, 3.8) is 0 Å². The minimum Gasteiger partial charge on any atom is -0.476 e. The van der Waals surface area contributed by atoms with Crippen LogP contribution in [0.4, 0.5) is 0 Å². The van der Waals surface area contributed by atoms with E-state index in [0.29, 0.717) is 5.57 Å². The largest absolute Gasteiger partial charge is 0.476 e. The summed E-state index contributed by atoms with van der Waals surface area (Å²) >= 11 is 0. The number of rotatable bonds is 2. The van der Waals surface area contributed by atoms with Crippen molar-refractivity contribution in [2.45, 2.75) is 50.3 Å². The lowest BCUT2D eigenvalue weighted by Crippen LogP contribution is -2.57. The van der Waals surface area contributed by atoms with Gasteiger partial charge >= 0.3 is 11.9 Å². The number of aliphatic hydroxyl groups is 1. The molecule has 6 atom stereocenters. The molecular weight excluding hydrogens is 356 g/mol. The first-order valence-electron chi connectivity index (χ1n) is 8.64. The summed E-state index contributed by atoms with van der Waals surface area (Å²) in [6.45, 7) is 8.23. The van der Waals surface area contributed by atoms with Crippen LogP contribution in [0.2, 0.25) is 0 Å². The van der Waals surface area contributed by atoms with Crippen LogP contribution in [0.5, 0.6) is 0 Å². The van der Waals surface area contributed by atoms with Crippen molar-refractivity contribution in [1.29, 1.82) is 0 Å². The number of allylic oxidation sites excluding steroid dienone is 1. The molecular formula is C19H20O8. The molecule has 0 amide bonds. The summed E-state index contributed by atoms with van der Waals surface area (Å²) in [5.41, 5.74) is -2.28. The third kappa shape index (κ3) is 2.40. The van der Waals surface area contributed by atoms with E-state index in [2.05, 4.69) is 6.58 Å². The van der Waals surface area contributed by atoms with Crippen molar-refractivity contribution in [2.75, 3.05) is 6.61 Å². The van der Waals surface area contributed by atoms with Crippen LogP contribution in [0, 0.1) is 5.92 Å². The molecule has 0 aliphatic carbocycles. The van der Waals surface area contributed by atoms with Gasteiger partial charge in [-0.05, 0) is 32.4 Å². The molecule has 0 radical (unpaired) electrons. The van der Waals surface area contributed by atoms with Crippen LogP contribution in [0.25, 0.3) is 0 Å². The van der Waals surface area contributed by atoms with E-state index in [1.807, 2.05) is 0 Å². The highest BCUT2D eigenvalue weighted by Gasteiger charge is 2.72. The summed E-state index contributed by atoms with van der Waals surface area (Å²) in [4.78, 5) is 37.2. The molecule has 4 heterocycles. The first-order valence-corrected chi connectivity index (χ1v) is 8.64. The number of epoxide rings is 1. The summed E-state index contributed by atoms with van der Waals surface area (Å²) in [6.07, 6.45) is -0.724. The van der Waals surface area contributed by atoms with E-state index >= 15 is 0 Å². The van der Waals surface area contributed by atoms with Gasteiger partial charge in [0.1, 0.15) is 24.1 Å². The lowest BCUT2D eigenvalue weighted by Gasteiger charge is -2.37. The predicted molar refractivity (Wildman–Crippen MR) is 89.1 cm³/mol. The Balaban J connectivity index is 1.85. The lowest BCUT2D eigenvalue weighted by atomic mass is 9.77. The van der Waals surface area contributed by atoms with Gasteiger partial charge in [0.05, 0.1) is 12.5 Å². The Kier molecular flexibility index (Phi) is 3.67. The molecule has 4 aliphatic rings. The highest BCUT2D eigenvalue weighted by molar-refractivity contribution is 6.00. The van der Waals surface area contributed by atoms with Crippen molar-refractivity contribution in [1.82, 2.24) is 0 Å². The summed E-state index contributed by atoms with van der Waals surface area (Å²) in [5.74, 6) is -2.34. The van der Waals surface area contributed by atoms with Crippen molar-refractivity contribution in [3.05, 3.63) is 35.6 Å². The van der Waals surface area contributed by atoms with E-state index < -0.39 is 53.2 Å². The topological polar surface area (TPSA) is 112 Å². The summed E-state index contributed by atoms with van der Waals surface area (Å²) in [5, 5.41) is 11.1. The molecule has 0 saturated carbocycles. The van der Waals surface area contributed by atoms with Crippen LogP contribution in [-0.4, -0.2) is 58.9 Å². The van der Waals surface area contributed by atoms with Gasteiger partial charge in [0, 0.05) is 11.6 Å². The van der Waals surface area contributed by atoms with Crippen molar-refractivity contribution in [2.24, 2.45) is 5.92 Å². The van der Waals surface area contributed by atoms with Crippen LogP contribution >= 0.6 is 0 Å². The minimum atomic E-state index is -1.67. The molecule has 4 aliphatic heterocycles. The predicted octanol–water partition coefficient (Wildman–Crippen LogP) is 0.348. The van der Waals surface area contributed by atoms with Gasteiger partial charge in [-0.15, -0.1) is 0 Å². The molecule has 2 fully saturated rings. The number of hydrogen-bond donors (Lipinski definition) is 1. The van der Waals surface area contributed by atoms with Gasteiger partial charge in [-0.1, -0.05) is 6.58 Å². The molecule has 0 aromatic heterocycles. The Labute approximate surface area is 155 Å². The molecule has 2 saturated heterocycles. The second kappa shape index (κ2) is 5.53. The number of carbonyl (C=O) groups is 3. The lowest BCUT2D eigenvalue weighted by molar-refractivity contribution is -0.179. The molecule has 2 bridgehead atoms. The number of carbonyl (C=O) groups excluding carboxylic acids is 3. The smallest absolute Gasteiger partial charge is 0.342 e. The number of fused-ring (bicyclic) bond motifs is 4. The highest BCUT2D eigenvalue weighted by Crippen LogP contribution is 2.51. The van der Waals surface area contributed by atoms with Gasteiger partial charge in [0.15, 0.2) is 11.2 Å². The third-order valence-corrected chi connectivity index (χ3v) is 5.63. The van der Waals surface area contributed by atoms with E-state index in [0.717, 1.165) is 0 Å². The minimum absolute atomic E-state index is 0.0853. The maximum Gasteiger partial charge on any atom is 0.342 e. The number of hydrogen-bond acceptors (Lipinski definition) is 8. The Morgan fingerprint density at radius 1 is 1.41 bits per heavy atom. The Morgan fingerprint density at radius 2 is 2.07 bits per heavy atom. The summed E-state index contributed by atoms with van der Waals surface area (Å²) in [6, 6.07) is 0. The van der Waals surface area contributed by atoms with E-state index in [1.165, 1.54) is 19.9 Å². The van der Waals surface area contributed by atoms with Crippen molar-refractivity contribution < 1.29 is 38.4 Å². The zero-order chi connectivity index (χ0) is 19.7. The van der Waals surface area contributed by atoms with Gasteiger partial charge < -0.3 is 24.1 Å². The quantitative estimate of drug-likeness (QED) is 0.417. The average Bonchev–Trinajstić information content (AvgIpc) is 3.26. The normalized spacial score (nSPS) is 44.0. The van der Waals surface area contributed by atoms with Gasteiger partial charge in [-0.3, -0.25) is 4.79 Å². The van der Waals surface area contributed by atoms with E-state index in [1.54, 1.807) is 13.0 Å². The maximum atomic E-state index is 12.6. The molecule has 0 aromatic rings. The van der Waals surface area contributed by atoms with Crippen LogP contribution in [0.3, 0.4) is 0 Å². The fourth-order valence-electron chi connectivity index (χ4n) is 3.85. The molecule has 0 aromatic carbocycles. The fourth-order valence-corrected chi connectivity index (χ4v) is 3.85. The first kappa shape index (κ1) is 17.9. The fraction of sp³-hybridized carbons (Fsp3) is 0.526. The third-order valence-electron chi connectivity index (χ3n) is 5.63. The number of esters is 2.